The zero-order valence-electron chi connectivity index (χ0n) is 14.2. The van der Waals surface area contributed by atoms with Gasteiger partial charge in [0, 0.05) is 0 Å². The van der Waals surface area contributed by atoms with E-state index in [1.807, 2.05) is 44.2 Å². The van der Waals surface area contributed by atoms with E-state index in [0.717, 1.165) is 5.56 Å². The van der Waals surface area contributed by atoms with Gasteiger partial charge in [0.25, 0.3) is 5.56 Å². The fourth-order valence-electron chi connectivity index (χ4n) is 2.81. The Morgan fingerprint density at radius 1 is 1.12 bits per heavy atom. The largest absolute Gasteiger partial charge is 0.348 e. The van der Waals surface area contributed by atoms with Gasteiger partial charge in [0.1, 0.15) is 11.6 Å². The molecule has 1 heterocycles. The molecule has 0 unspecified atom stereocenters. The Balaban J connectivity index is 1.88. The number of carbonyl (C=O) groups is 1. The van der Waals surface area contributed by atoms with Crippen LogP contribution in [-0.4, -0.2) is 20.9 Å². The van der Waals surface area contributed by atoms with E-state index in [1.54, 1.807) is 24.3 Å². The van der Waals surface area contributed by atoms with E-state index in [-0.39, 0.29) is 17.5 Å². The summed E-state index contributed by atoms with van der Waals surface area (Å²) < 4.78 is 1.18. The second-order valence-electron chi connectivity index (χ2n) is 5.92. The molecule has 3 rings (SSSR count). The van der Waals surface area contributed by atoms with Crippen LogP contribution in [0.4, 0.5) is 0 Å². The molecule has 25 heavy (non-hydrogen) atoms. The molecule has 3 aromatic rings. The molecule has 0 aliphatic rings. The van der Waals surface area contributed by atoms with E-state index in [2.05, 4.69) is 15.6 Å². The van der Waals surface area contributed by atoms with Gasteiger partial charge in [0.05, 0.1) is 11.4 Å². The summed E-state index contributed by atoms with van der Waals surface area (Å²) in [5.74, 6) is -0.245. The van der Waals surface area contributed by atoms with Crippen molar-refractivity contribution in [2.45, 2.75) is 32.4 Å². The quantitative estimate of drug-likeness (QED) is 0.777. The van der Waals surface area contributed by atoms with Crippen molar-refractivity contribution in [2.75, 3.05) is 0 Å². The van der Waals surface area contributed by atoms with Crippen LogP contribution >= 0.6 is 0 Å². The van der Waals surface area contributed by atoms with E-state index in [9.17, 15) is 9.59 Å². The molecule has 6 nitrogen and oxygen atoms in total. The summed E-state index contributed by atoms with van der Waals surface area (Å²) in [7, 11) is 0. The van der Waals surface area contributed by atoms with E-state index < -0.39 is 6.04 Å². The Hall–Kier alpha value is -3.02. The first-order chi connectivity index (χ1) is 12.1. The van der Waals surface area contributed by atoms with Crippen LogP contribution in [0.5, 0.6) is 0 Å². The summed E-state index contributed by atoms with van der Waals surface area (Å²) in [6, 6.07) is 15.8. The summed E-state index contributed by atoms with van der Waals surface area (Å²) in [5.41, 5.74) is 1.22. The molecule has 0 spiro atoms. The number of fused-ring (bicyclic) bond motifs is 1. The lowest BCUT2D eigenvalue weighted by Gasteiger charge is -2.20. The molecule has 1 aromatic heterocycles. The predicted molar refractivity (Wildman–Crippen MR) is 96.1 cm³/mol. The smallest absolute Gasteiger partial charge is 0.278 e. The molecule has 0 bridgehead atoms. The molecular weight excluding hydrogens is 316 g/mol. The molecular formula is C19H20N4O2. The lowest BCUT2D eigenvalue weighted by molar-refractivity contribution is -0.125. The van der Waals surface area contributed by atoms with E-state index >= 15 is 0 Å². The number of aromatic nitrogens is 3. The SMILES string of the molecule is CC[C@H](C(=O)N[C@H](C)c1ccccc1)n1nnc2ccccc2c1=O. The maximum Gasteiger partial charge on any atom is 0.278 e. The topological polar surface area (TPSA) is 76.9 Å². The highest BCUT2D eigenvalue weighted by Gasteiger charge is 2.23. The molecule has 6 heteroatoms. The minimum absolute atomic E-state index is 0.160. The Kier molecular flexibility index (Phi) is 4.88. The zero-order valence-corrected chi connectivity index (χ0v) is 14.2. The molecule has 1 N–H and O–H groups in total. The first kappa shape index (κ1) is 16.8. The summed E-state index contributed by atoms with van der Waals surface area (Å²) in [5, 5.41) is 11.4. The van der Waals surface area contributed by atoms with E-state index in [1.165, 1.54) is 4.68 Å². The predicted octanol–water partition coefficient (Wildman–Crippen LogP) is 2.62. The van der Waals surface area contributed by atoms with Gasteiger partial charge < -0.3 is 5.32 Å². The number of hydrogen-bond acceptors (Lipinski definition) is 4. The summed E-state index contributed by atoms with van der Waals surface area (Å²) in [4.78, 5) is 25.4. The van der Waals surface area contributed by atoms with Crippen LogP contribution in [0.3, 0.4) is 0 Å². The lowest BCUT2D eigenvalue weighted by atomic mass is 10.1. The lowest BCUT2D eigenvalue weighted by Crippen LogP contribution is -2.39. The Morgan fingerprint density at radius 2 is 1.80 bits per heavy atom. The summed E-state index contributed by atoms with van der Waals surface area (Å²) >= 11 is 0. The van der Waals surface area contributed by atoms with Gasteiger partial charge >= 0.3 is 0 Å². The third-order valence-corrected chi connectivity index (χ3v) is 4.23. The monoisotopic (exact) mass is 336 g/mol. The highest BCUT2D eigenvalue weighted by molar-refractivity contribution is 5.81. The van der Waals surface area contributed by atoms with Gasteiger partial charge in [-0.3, -0.25) is 9.59 Å². The zero-order chi connectivity index (χ0) is 17.8. The maximum absolute atomic E-state index is 12.7. The number of amides is 1. The summed E-state index contributed by atoms with van der Waals surface area (Å²) in [6.45, 7) is 3.76. The normalized spacial score (nSPS) is 13.4. The number of nitrogens with zero attached hydrogens (tertiary/aromatic N) is 3. The van der Waals surface area contributed by atoms with Crippen molar-refractivity contribution in [1.29, 1.82) is 0 Å². The maximum atomic E-state index is 12.7. The molecule has 0 fully saturated rings. The molecule has 2 atom stereocenters. The van der Waals surface area contributed by atoms with Crippen LogP contribution < -0.4 is 10.9 Å². The second kappa shape index (κ2) is 7.25. The van der Waals surface area contributed by atoms with Gasteiger partial charge in [-0.05, 0) is 31.0 Å². The Morgan fingerprint density at radius 3 is 2.52 bits per heavy atom. The third kappa shape index (κ3) is 3.42. The van der Waals surface area contributed by atoms with Crippen LogP contribution in [0, 0.1) is 0 Å². The highest BCUT2D eigenvalue weighted by atomic mass is 16.2. The van der Waals surface area contributed by atoms with Crippen molar-refractivity contribution in [1.82, 2.24) is 20.3 Å². The molecule has 0 saturated heterocycles. The van der Waals surface area contributed by atoms with Crippen LogP contribution in [0.1, 0.15) is 37.9 Å². The van der Waals surface area contributed by atoms with Crippen LogP contribution in [0.2, 0.25) is 0 Å². The van der Waals surface area contributed by atoms with Gasteiger partial charge in [0.15, 0.2) is 0 Å². The van der Waals surface area contributed by atoms with E-state index in [4.69, 9.17) is 0 Å². The number of nitrogens with one attached hydrogen (secondary N) is 1. The van der Waals surface area contributed by atoms with Crippen molar-refractivity contribution >= 4 is 16.8 Å². The van der Waals surface area contributed by atoms with Crippen LogP contribution in [-0.2, 0) is 4.79 Å². The Bertz CT molecular complexity index is 937. The first-order valence-electron chi connectivity index (χ1n) is 8.31. The van der Waals surface area contributed by atoms with Crippen molar-refractivity contribution < 1.29 is 4.79 Å². The molecule has 0 radical (unpaired) electrons. The van der Waals surface area contributed by atoms with Gasteiger partial charge in [-0.15, -0.1) is 5.10 Å². The number of carbonyl (C=O) groups excluding carboxylic acids is 1. The molecule has 0 saturated carbocycles. The van der Waals surface area contributed by atoms with Crippen molar-refractivity contribution in [3.63, 3.8) is 0 Å². The highest BCUT2D eigenvalue weighted by Crippen LogP contribution is 2.15. The Labute approximate surface area is 145 Å². The van der Waals surface area contributed by atoms with Crippen molar-refractivity contribution in [3.8, 4) is 0 Å². The van der Waals surface area contributed by atoms with Crippen molar-refractivity contribution in [3.05, 3.63) is 70.5 Å². The van der Waals surface area contributed by atoms with Crippen molar-refractivity contribution in [2.24, 2.45) is 0 Å². The average molecular weight is 336 g/mol. The third-order valence-electron chi connectivity index (χ3n) is 4.23. The minimum Gasteiger partial charge on any atom is -0.348 e. The first-order valence-corrected chi connectivity index (χ1v) is 8.31. The molecule has 128 valence electrons. The average Bonchev–Trinajstić information content (AvgIpc) is 2.65. The number of hydrogen-bond donors (Lipinski definition) is 1. The summed E-state index contributed by atoms with van der Waals surface area (Å²) in [6.07, 6.45) is 0.445. The number of rotatable bonds is 5. The van der Waals surface area contributed by atoms with Gasteiger partial charge in [-0.2, -0.15) is 4.68 Å². The van der Waals surface area contributed by atoms with Crippen LogP contribution in [0.25, 0.3) is 10.9 Å². The van der Waals surface area contributed by atoms with E-state index in [0.29, 0.717) is 17.3 Å². The van der Waals surface area contributed by atoms with Crippen LogP contribution in [0.15, 0.2) is 59.4 Å². The van der Waals surface area contributed by atoms with Gasteiger partial charge in [-0.1, -0.05) is 54.6 Å². The minimum atomic E-state index is -0.698. The molecule has 1 amide bonds. The molecule has 0 aliphatic carbocycles. The second-order valence-corrected chi connectivity index (χ2v) is 5.92. The molecule has 2 aromatic carbocycles. The fraction of sp³-hybridized carbons (Fsp3) is 0.263. The van der Waals surface area contributed by atoms with Gasteiger partial charge in [0.2, 0.25) is 5.91 Å². The number of benzene rings is 2. The standard InChI is InChI=1S/C19H20N4O2/c1-3-17(18(24)20-13(2)14-9-5-4-6-10-14)23-19(25)15-11-7-8-12-16(15)21-22-23/h4-13,17H,3H2,1-2H3,(H,20,24)/t13-,17-/m1/s1. The molecule has 0 aliphatic heterocycles. The van der Waals surface area contributed by atoms with Gasteiger partial charge in [-0.25, -0.2) is 0 Å². The fourth-order valence-corrected chi connectivity index (χ4v) is 2.81.